The minimum Gasteiger partial charge on any atom is -0.458 e. The van der Waals surface area contributed by atoms with Crippen LogP contribution in [0, 0.1) is 11.8 Å². The van der Waals surface area contributed by atoms with Gasteiger partial charge in [0.15, 0.2) is 0 Å². The lowest BCUT2D eigenvalue weighted by Gasteiger charge is -2.43. The van der Waals surface area contributed by atoms with Gasteiger partial charge >= 0.3 is 12.1 Å². The van der Waals surface area contributed by atoms with Crippen LogP contribution in [-0.2, 0) is 67.3 Å². The van der Waals surface area contributed by atoms with Crippen molar-refractivity contribution >= 4 is 53.4 Å². The molecule has 7 N–H and O–H groups in total. The normalized spacial score (nSPS) is 25.5. The van der Waals surface area contributed by atoms with Crippen molar-refractivity contribution in [3.05, 3.63) is 108 Å². The van der Waals surface area contributed by atoms with Crippen molar-refractivity contribution in [1.29, 1.82) is 0 Å². The Hall–Kier alpha value is -7.35. The summed E-state index contributed by atoms with van der Waals surface area (Å²) in [5, 5.41) is 27.2. The predicted molar refractivity (Wildman–Crippen MR) is 260 cm³/mol. The van der Waals surface area contributed by atoms with Crippen molar-refractivity contribution in [3.8, 4) is 0 Å². The molecule has 0 unspecified atom stereocenters. The number of alkyl carbamates (subject to hydrolysis) is 1. The number of carbonyl (C=O) groups is 9. The maximum atomic E-state index is 15.0. The highest BCUT2D eigenvalue weighted by Gasteiger charge is 2.47. The summed E-state index contributed by atoms with van der Waals surface area (Å²) >= 11 is 0. The van der Waals surface area contributed by atoms with Crippen LogP contribution in [0.25, 0.3) is 0 Å². The van der Waals surface area contributed by atoms with Gasteiger partial charge in [0.2, 0.25) is 41.4 Å². The molecule has 1 saturated carbocycles. The summed E-state index contributed by atoms with van der Waals surface area (Å²) in [6, 6.07) is 15.9. The first kappa shape index (κ1) is 54.0. The van der Waals surface area contributed by atoms with Crippen molar-refractivity contribution in [3.63, 3.8) is 0 Å². The molecule has 3 aliphatic rings. The number of amides is 8. The number of nitrogens with zero attached hydrogens (tertiary/aromatic N) is 2. The lowest BCUT2D eigenvalue weighted by Crippen LogP contribution is -2.65. The van der Waals surface area contributed by atoms with Gasteiger partial charge in [-0.2, -0.15) is 0 Å². The summed E-state index contributed by atoms with van der Waals surface area (Å²) < 4.78 is 11.1. The van der Waals surface area contributed by atoms with E-state index in [9.17, 15) is 43.5 Å². The van der Waals surface area contributed by atoms with Gasteiger partial charge in [0.05, 0.1) is 0 Å². The molecule has 3 aromatic rings. The van der Waals surface area contributed by atoms with E-state index < -0.39 is 120 Å². The zero-order valence-electron chi connectivity index (χ0n) is 41.4. The van der Waals surface area contributed by atoms with Crippen molar-refractivity contribution < 1.29 is 57.7 Å². The summed E-state index contributed by atoms with van der Waals surface area (Å²) in [5.41, 5.74) is 2.03. The SMILES string of the molecule is CC(C)[C@@H]1NC(=O)[C@H](Cc2ccccc2)N(C)C(=O)[C@H](Cc2ccccc2)N2C(=O)[C@H](CC[C@H]2O)NC(=O)[C@H](C2CC2)NC(=O)[C@@H](NC(=O)[C@H](C)NC(=O)[C@H](C)NC(=O)OCc2ccccc2)[C@@H](C)OC1=O. The Bertz CT molecular complexity index is 2420. The van der Waals surface area contributed by atoms with E-state index in [4.69, 9.17) is 9.47 Å². The molecule has 2 heterocycles. The summed E-state index contributed by atoms with van der Waals surface area (Å²) in [7, 11) is 1.41. The number of piperidine rings is 1. The second kappa shape index (κ2) is 24.7. The van der Waals surface area contributed by atoms with Crippen LogP contribution < -0.4 is 31.9 Å². The number of rotatable bonds is 13. The standard InChI is InChI=1S/C52H66N8O12/c1-29(2)41-51(69)72-32(5)42(57-45(63)30(3)53-44(62)31(4)54-52(70)71-28-35-20-14-9-15-21-35)47(65)58-43(36-22-23-36)48(66)55-37-24-25-40(61)60(49(37)67)39(27-34-18-12-8-13-19-34)50(68)59(6)38(46(64)56-41)26-33-16-10-7-11-17-33/h7-21,29-32,36-43,61H,22-28H2,1-6H3,(H,53,62)(H,54,70)(H,55,66)(H,56,64)(H,57,63)(H,58,65)/t30-,31-,32+,37-,38-,39-,40+,41-,42-,43-/m0/s1. The van der Waals surface area contributed by atoms with Gasteiger partial charge in [0, 0.05) is 19.9 Å². The number of fused-ring (bicyclic) bond motifs is 2. The first-order valence-corrected chi connectivity index (χ1v) is 24.4. The smallest absolute Gasteiger partial charge is 0.408 e. The molecular weight excluding hydrogens is 929 g/mol. The zero-order chi connectivity index (χ0) is 52.2. The molecule has 8 amide bonds. The van der Waals surface area contributed by atoms with E-state index >= 15 is 4.79 Å². The lowest BCUT2D eigenvalue weighted by atomic mass is 9.95. The van der Waals surface area contributed by atoms with Gasteiger partial charge < -0.3 is 56.3 Å². The van der Waals surface area contributed by atoms with Crippen LogP contribution in [0.15, 0.2) is 91.0 Å². The highest BCUT2D eigenvalue weighted by molar-refractivity contribution is 5.99. The number of esters is 1. The molecule has 72 heavy (non-hydrogen) atoms. The molecule has 3 aromatic carbocycles. The number of aliphatic hydroxyl groups is 1. The Morgan fingerprint density at radius 2 is 1.24 bits per heavy atom. The molecule has 0 radical (unpaired) electrons. The average Bonchev–Trinajstić information content (AvgIpc) is 4.21. The van der Waals surface area contributed by atoms with E-state index in [-0.39, 0.29) is 38.2 Å². The van der Waals surface area contributed by atoms with Gasteiger partial charge in [-0.25, -0.2) is 9.59 Å². The fraction of sp³-hybridized carbons (Fsp3) is 0.481. The summed E-state index contributed by atoms with van der Waals surface area (Å²) in [6.07, 6.45) is -2.89. The number of carbonyl (C=O) groups excluding carboxylic acids is 9. The van der Waals surface area contributed by atoms with Gasteiger partial charge in [-0.05, 0) is 75.0 Å². The number of cyclic esters (lactones) is 1. The van der Waals surface area contributed by atoms with Crippen LogP contribution in [0.2, 0.25) is 0 Å². The number of likely N-dealkylation sites (N-methyl/N-ethyl adjacent to an activating group) is 1. The van der Waals surface area contributed by atoms with Crippen molar-refractivity contribution in [2.24, 2.45) is 11.8 Å². The van der Waals surface area contributed by atoms with Gasteiger partial charge in [0.25, 0.3) is 0 Å². The van der Waals surface area contributed by atoms with E-state index in [1.54, 1.807) is 98.8 Å². The number of nitrogens with one attached hydrogen (secondary N) is 6. The van der Waals surface area contributed by atoms with Crippen LogP contribution in [0.5, 0.6) is 0 Å². The maximum Gasteiger partial charge on any atom is 0.408 e. The highest BCUT2D eigenvalue weighted by atomic mass is 16.6. The third kappa shape index (κ3) is 14.2. The molecule has 3 fully saturated rings. The molecule has 0 aromatic heterocycles. The third-order valence-electron chi connectivity index (χ3n) is 13.1. The second-order valence-electron chi connectivity index (χ2n) is 19.1. The molecule has 0 spiro atoms. The van der Waals surface area contributed by atoms with Gasteiger partial charge in [-0.15, -0.1) is 0 Å². The summed E-state index contributed by atoms with van der Waals surface area (Å²) in [6.45, 7) is 7.29. The molecule has 2 aliphatic heterocycles. The molecule has 2 saturated heterocycles. The molecular formula is C52H66N8O12. The summed E-state index contributed by atoms with van der Waals surface area (Å²) in [5.74, 6) is -7.56. The van der Waals surface area contributed by atoms with Crippen LogP contribution in [0.1, 0.15) is 77.0 Å². The van der Waals surface area contributed by atoms with Gasteiger partial charge in [-0.1, -0.05) is 105 Å². The molecule has 1 aliphatic carbocycles. The summed E-state index contributed by atoms with van der Waals surface area (Å²) in [4.78, 5) is 129. The van der Waals surface area contributed by atoms with E-state index in [1.807, 2.05) is 6.07 Å². The fourth-order valence-electron chi connectivity index (χ4n) is 8.66. The topological polar surface area (TPSA) is 271 Å². The molecule has 6 rings (SSSR count). The minimum atomic E-state index is -1.70. The third-order valence-corrected chi connectivity index (χ3v) is 13.1. The van der Waals surface area contributed by atoms with E-state index in [1.165, 1.54) is 32.7 Å². The van der Waals surface area contributed by atoms with Crippen LogP contribution >= 0.6 is 0 Å². The van der Waals surface area contributed by atoms with E-state index in [0.29, 0.717) is 24.0 Å². The average molecular weight is 995 g/mol. The monoisotopic (exact) mass is 994 g/mol. The van der Waals surface area contributed by atoms with Crippen molar-refractivity contribution in [2.75, 3.05) is 7.05 Å². The first-order chi connectivity index (χ1) is 34.3. The molecule has 10 atom stereocenters. The zero-order valence-corrected chi connectivity index (χ0v) is 41.4. The molecule has 386 valence electrons. The number of aliphatic hydroxyl groups excluding tert-OH is 1. The Kier molecular flexibility index (Phi) is 18.5. The van der Waals surface area contributed by atoms with Crippen LogP contribution in [-0.4, -0.2) is 136 Å². The number of ether oxygens (including phenoxy) is 2. The minimum absolute atomic E-state index is 0.0103. The van der Waals surface area contributed by atoms with Gasteiger partial charge in [0.1, 0.15) is 67.3 Å². The largest absolute Gasteiger partial charge is 0.458 e. The number of hydrogen-bond donors (Lipinski definition) is 7. The lowest BCUT2D eigenvalue weighted by molar-refractivity contribution is -0.165. The molecule has 20 heteroatoms. The quantitative estimate of drug-likeness (QED) is 0.120. The van der Waals surface area contributed by atoms with Crippen LogP contribution in [0.3, 0.4) is 0 Å². The number of benzene rings is 3. The Labute approximate surface area is 418 Å². The maximum absolute atomic E-state index is 15.0. The highest BCUT2D eigenvalue weighted by Crippen LogP contribution is 2.33. The van der Waals surface area contributed by atoms with E-state index in [0.717, 1.165) is 10.5 Å². The van der Waals surface area contributed by atoms with E-state index in [2.05, 4.69) is 31.9 Å². The van der Waals surface area contributed by atoms with Crippen LogP contribution in [0.4, 0.5) is 4.79 Å². The molecule has 20 nitrogen and oxygen atoms in total. The fourth-order valence-corrected chi connectivity index (χ4v) is 8.66. The van der Waals surface area contributed by atoms with Crippen molar-refractivity contribution in [2.45, 2.75) is 140 Å². The van der Waals surface area contributed by atoms with Gasteiger partial charge in [-0.3, -0.25) is 33.6 Å². The Balaban J connectivity index is 1.30. The first-order valence-electron chi connectivity index (χ1n) is 24.4. The predicted octanol–water partition coefficient (Wildman–Crippen LogP) is 1.38. The number of hydrogen-bond acceptors (Lipinski definition) is 12. The molecule has 2 bridgehead atoms. The second-order valence-corrected chi connectivity index (χ2v) is 19.1. The Morgan fingerprint density at radius 3 is 1.81 bits per heavy atom. The Morgan fingerprint density at radius 1 is 0.681 bits per heavy atom. The van der Waals surface area contributed by atoms with Crippen molar-refractivity contribution in [1.82, 2.24) is 41.7 Å².